The van der Waals surface area contributed by atoms with Crippen molar-refractivity contribution in [3.8, 4) is 0 Å². The van der Waals surface area contributed by atoms with Crippen LogP contribution in [0.4, 0.5) is 11.5 Å². The number of anilines is 2. The van der Waals surface area contributed by atoms with E-state index in [4.69, 9.17) is 10.5 Å². The first-order chi connectivity index (χ1) is 7.48. The minimum atomic E-state index is -0.151. The summed E-state index contributed by atoms with van der Waals surface area (Å²) in [5, 5.41) is 0. The Bertz CT molecular complexity index is 378. The quantitative estimate of drug-likeness (QED) is 0.783. The summed E-state index contributed by atoms with van der Waals surface area (Å²) < 4.78 is 5.85. The molecule has 2 heterocycles. The van der Waals surface area contributed by atoms with E-state index in [1.54, 1.807) is 6.20 Å². The van der Waals surface area contributed by atoms with Crippen molar-refractivity contribution >= 4 is 11.5 Å². The summed E-state index contributed by atoms with van der Waals surface area (Å²) in [5.74, 6) is 0.866. The molecular formula is C12H19N3O. The van der Waals surface area contributed by atoms with Crippen molar-refractivity contribution in [1.29, 1.82) is 0 Å². The molecule has 2 N–H and O–H groups in total. The van der Waals surface area contributed by atoms with Gasteiger partial charge in [0, 0.05) is 19.3 Å². The molecule has 1 aliphatic rings. The summed E-state index contributed by atoms with van der Waals surface area (Å²) in [6.45, 7) is 7.92. The maximum Gasteiger partial charge on any atom is 0.151 e. The summed E-state index contributed by atoms with van der Waals surface area (Å²) in [4.78, 5) is 6.55. The molecule has 4 nitrogen and oxygen atoms in total. The number of pyridine rings is 1. The van der Waals surface area contributed by atoms with E-state index in [0.717, 1.165) is 24.6 Å². The van der Waals surface area contributed by atoms with Crippen molar-refractivity contribution in [2.24, 2.45) is 0 Å². The minimum Gasteiger partial charge on any atom is -0.396 e. The summed E-state index contributed by atoms with van der Waals surface area (Å²) in [6.07, 6.45) is 1.98. The second-order valence-electron chi connectivity index (χ2n) is 4.98. The van der Waals surface area contributed by atoms with E-state index in [0.29, 0.717) is 0 Å². The molecule has 4 heteroatoms. The fraction of sp³-hybridized carbons (Fsp3) is 0.583. The number of rotatable bonds is 1. The lowest BCUT2D eigenvalue weighted by Gasteiger charge is -2.42. The molecule has 1 atom stereocenters. The summed E-state index contributed by atoms with van der Waals surface area (Å²) >= 11 is 0. The SMILES string of the molecule is CC1CN(c2ncccc2N)CC(C)(C)O1. The number of aromatic nitrogens is 1. The Labute approximate surface area is 96.4 Å². The highest BCUT2D eigenvalue weighted by atomic mass is 16.5. The number of nitrogens with two attached hydrogens (primary N) is 1. The zero-order valence-electron chi connectivity index (χ0n) is 10.1. The second kappa shape index (κ2) is 3.94. The molecule has 0 radical (unpaired) electrons. The van der Waals surface area contributed by atoms with Crippen molar-refractivity contribution < 1.29 is 4.74 Å². The molecule has 16 heavy (non-hydrogen) atoms. The van der Waals surface area contributed by atoms with Crippen LogP contribution in [0.5, 0.6) is 0 Å². The number of nitrogens with zero attached hydrogens (tertiary/aromatic N) is 2. The summed E-state index contributed by atoms with van der Waals surface area (Å²) in [5.41, 5.74) is 6.52. The number of ether oxygens (including phenoxy) is 1. The molecule has 1 aliphatic heterocycles. The Morgan fingerprint density at radius 3 is 2.94 bits per heavy atom. The highest BCUT2D eigenvalue weighted by molar-refractivity contribution is 5.62. The predicted octanol–water partition coefficient (Wildman–Crippen LogP) is 1.67. The monoisotopic (exact) mass is 221 g/mol. The third kappa shape index (κ3) is 2.27. The van der Waals surface area contributed by atoms with Crippen LogP contribution in [-0.2, 0) is 4.74 Å². The molecule has 0 saturated carbocycles. The maximum atomic E-state index is 5.94. The second-order valence-corrected chi connectivity index (χ2v) is 4.98. The molecule has 0 amide bonds. The predicted molar refractivity (Wildman–Crippen MR) is 65.5 cm³/mol. The van der Waals surface area contributed by atoms with E-state index in [2.05, 4.69) is 30.7 Å². The van der Waals surface area contributed by atoms with Crippen LogP contribution < -0.4 is 10.6 Å². The molecule has 1 saturated heterocycles. The first kappa shape index (κ1) is 11.2. The van der Waals surface area contributed by atoms with Gasteiger partial charge in [0.1, 0.15) is 0 Å². The minimum absolute atomic E-state index is 0.151. The van der Waals surface area contributed by atoms with E-state index in [-0.39, 0.29) is 11.7 Å². The largest absolute Gasteiger partial charge is 0.396 e. The van der Waals surface area contributed by atoms with Crippen LogP contribution in [0.3, 0.4) is 0 Å². The topological polar surface area (TPSA) is 51.4 Å². The molecular weight excluding hydrogens is 202 g/mol. The molecule has 0 spiro atoms. The first-order valence-corrected chi connectivity index (χ1v) is 5.61. The Kier molecular flexibility index (Phi) is 2.76. The first-order valence-electron chi connectivity index (χ1n) is 5.61. The molecule has 1 aromatic rings. The van der Waals surface area contributed by atoms with E-state index < -0.39 is 0 Å². The van der Waals surface area contributed by atoms with Gasteiger partial charge in [-0.3, -0.25) is 0 Å². The zero-order chi connectivity index (χ0) is 11.8. The summed E-state index contributed by atoms with van der Waals surface area (Å²) in [7, 11) is 0. The van der Waals surface area contributed by atoms with E-state index in [1.807, 2.05) is 12.1 Å². The summed E-state index contributed by atoms with van der Waals surface area (Å²) in [6, 6.07) is 3.74. The van der Waals surface area contributed by atoms with Crippen LogP contribution in [-0.4, -0.2) is 29.8 Å². The van der Waals surface area contributed by atoms with E-state index >= 15 is 0 Å². The van der Waals surface area contributed by atoms with Crippen LogP contribution in [0.1, 0.15) is 20.8 Å². The van der Waals surface area contributed by atoms with Gasteiger partial charge in [0.05, 0.1) is 17.4 Å². The van der Waals surface area contributed by atoms with Gasteiger partial charge in [-0.1, -0.05) is 0 Å². The van der Waals surface area contributed by atoms with Crippen LogP contribution in [0.2, 0.25) is 0 Å². The van der Waals surface area contributed by atoms with E-state index in [9.17, 15) is 0 Å². The highest BCUT2D eigenvalue weighted by Gasteiger charge is 2.32. The van der Waals surface area contributed by atoms with Gasteiger partial charge >= 0.3 is 0 Å². The van der Waals surface area contributed by atoms with Gasteiger partial charge in [-0.2, -0.15) is 0 Å². The molecule has 1 aromatic heterocycles. The van der Waals surface area contributed by atoms with Gasteiger partial charge in [0.2, 0.25) is 0 Å². The van der Waals surface area contributed by atoms with Gasteiger partial charge in [-0.25, -0.2) is 4.98 Å². The van der Waals surface area contributed by atoms with Crippen LogP contribution in [0.25, 0.3) is 0 Å². The van der Waals surface area contributed by atoms with Crippen LogP contribution in [0.15, 0.2) is 18.3 Å². The third-order valence-electron chi connectivity index (χ3n) is 2.69. The molecule has 1 unspecified atom stereocenters. The van der Waals surface area contributed by atoms with Crippen molar-refractivity contribution in [3.05, 3.63) is 18.3 Å². The van der Waals surface area contributed by atoms with Crippen molar-refractivity contribution in [2.45, 2.75) is 32.5 Å². The van der Waals surface area contributed by atoms with Gasteiger partial charge in [0.15, 0.2) is 5.82 Å². The Morgan fingerprint density at radius 2 is 2.31 bits per heavy atom. The highest BCUT2D eigenvalue weighted by Crippen LogP contribution is 2.27. The van der Waals surface area contributed by atoms with Crippen LogP contribution >= 0.6 is 0 Å². The van der Waals surface area contributed by atoms with Crippen molar-refractivity contribution in [1.82, 2.24) is 4.98 Å². The molecule has 0 aromatic carbocycles. The number of hydrogen-bond donors (Lipinski definition) is 1. The average molecular weight is 221 g/mol. The lowest BCUT2D eigenvalue weighted by atomic mass is 10.1. The van der Waals surface area contributed by atoms with Gasteiger partial charge in [-0.05, 0) is 32.9 Å². The molecule has 2 rings (SSSR count). The number of hydrogen-bond acceptors (Lipinski definition) is 4. The Hall–Kier alpha value is -1.29. The molecule has 88 valence electrons. The molecule has 0 aliphatic carbocycles. The fourth-order valence-electron chi connectivity index (χ4n) is 2.29. The van der Waals surface area contributed by atoms with Crippen molar-refractivity contribution in [3.63, 3.8) is 0 Å². The zero-order valence-corrected chi connectivity index (χ0v) is 10.1. The lowest BCUT2D eigenvalue weighted by Crippen LogP contribution is -2.52. The van der Waals surface area contributed by atoms with Crippen molar-refractivity contribution in [2.75, 3.05) is 23.7 Å². The van der Waals surface area contributed by atoms with E-state index in [1.165, 1.54) is 0 Å². The Morgan fingerprint density at radius 1 is 1.56 bits per heavy atom. The van der Waals surface area contributed by atoms with Gasteiger partial charge in [0.25, 0.3) is 0 Å². The molecule has 0 bridgehead atoms. The smallest absolute Gasteiger partial charge is 0.151 e. The fourth-order valence-corrected chi connectivity index (χ4v) is 2.29. The van der Waals surface area contributed by atoms with Gasteiger partial charge < -0.3 is 15.4 Å². The number of morpholine rings is 1. The standard InChI is InChI=1S/C12H19N3O/c1-9-7-15(8-12(2,3)16-9)11-10(13)5-4-6-14-11/h4-6,9H,7-8,13H2,1-3H3. The number of nitrogen functional groups attached to an aromatic ring is 1. The third-order valence-corrected chi connectivity index (χ3v) is 2.69. The normalized spacial score (nSPS) is 24.4. The van der Waals surface area contributed by atoms with Gasteiger partial charge in [-0.15, -0.1) is 0 Å². The lowest BCUT2D eigenvalue weighted by molar-refractivity contribution is -0.0751. The van der Waals surface area contributed by atoms with Crippen LogP contribution in [0, 0.1) is 0 Å². The molecule has 1 fully saturated rings. The average Bonchev–Trinajstić information content (AvgIpc) is 2.15. The Balaban J connectivity index is 2.25. The maximum absolute atomic E-state index is 5.94.